The van der Waals surface area contributed by atoms with Gasteiger partial charge in [0.15, 0.2) is 0 Å². The number of aromatic nitrogens is 2. The van der Waals surface area contributed by atoms with Crippen LogP contribution in [-0.4, -0.2) is 42.5 Å². The summed E-state index contributed by atoms with van der Waals surface area (Å²) in [6, 6.07) is 7.51. The van der Waals surface area contributed by atoms with Crippen molar-refractivity contribution in [2.24, 2.45) is 7.05 Å². The van der Waals surface area contributed by atoms with Crippen LogP contribution in [0.1, 0.15) is 32.2 Å². The number of hydrogen-bond donors (Lipinski definition) is 1. The van der Waals surface area contributed by atoms with Crippen molar-refractivity contribution in [2.45, 2.75) is 50.0 Å². The molecule has 0 bridgehead atoms. The van der Waals surface area contributed by atoms with Crippen molar-refractivity contribution in [3.8, 4) is 5.75 Å². The molecule has 1 atom stereocenters. The molecule has 2 heterocycles. The summed E-state index contributed by atoms with van der Waals surface area (Å²) >= 11 is 0. The van der Waals surface area contributed by atoms with Crippen LogP contribution in [-0.2, 0) is 34.4 Å². The van der Waals surface area contributed by atoms with Gasteiger partial charge in [0.25, 0.3) is 10.0 Å². The fourth-order valence-corrected chi connectivity index (χ4v) is 5.32. The number of amides is 1. The highest BCUT2D eigenvalue weighted by Crippen LogP contribution is 2.40. The lowest BCUT2D eigenvalue weighted by Crippen LogP contribution is -2.44. The second kappa shape index (κ2) is 9.94. The second-order valence-electron chi connectivity index (χ2n) is 9.70. The van der Waals surface area contributed by atoms with Gasteiger partial charge in [0, 0.05) is 12.7 Å². The number of benzene rings is 2. The van der Waals surface area contributed by atoms with Gasteiger partial charge in [-0.2, -0.15) is 17.9 Å². The van der Waals surface area contributed by atoms with Crippen LogP contribution in [0.5, 0.6) is 5.75 Å². The van der Waals surface area contributed by atoms with Gasteiger partial charge in [-0.25, -0.2) is 18.0 Å². The summed E-state index contributed by atoms with van der Waals surface area (Å²) < 4.78 is 85.5. The predicted molar refractivity (Wildman–Crippen MR) is 132 cm³/mol. The number of nitrogens with zero attached hydrogens (tertiary/aromatic N) is 3. The maximum atomic E-state index is 13.7. The van der Waals surface area contributed by atoms with E-state index in [9.17, 15) is 31.2 Å². The molecular formula is C24H25F3N4O7S. The van der Waals surface area contributed by atoms with E-state index in [1.165, 1.54) is 25.2 Å². The van der Waals surface area contributed by atoms with E-state index in [1.54, 1.807) is 20.8 Å². The number of alkyl halides is 3. The van der Waals surface area contributed by atoms with Gasteiger partial charge in [-0.1, -0.05) is 6.07 Å². The number of hydrogen-bond acceptors (Lipinski definition) is 8. The molecule has 0 saturated heterocycles. The first-order valence-electron chi connectivity index (χ1n) is 11.6. The zero-order valence-electron chi connectivity index (χ0n) is 21.3. The number of nitrogens with one attached hydrogen (secondary N) is 1. The van der Waals surface area contributed by atoms with Crippen molar-refractivity contribution in [3.63, 3.8) is 0 Å². The molecule has 210 valence electrons. The molecule has 0 unspecified atom stereocenters. The molecule has 0 radical (unpaired) electrons. The molecule has 0 spiro atoms. The molecule has 1 aromatic heterocycles. The third kappa shape index (κ3) is 6.35. The SMILES string of the molecule is Cn1nc(C[C@H]2CN(S(=O)(=O)c3cccc(C(F)(F)F)c3)c3cc(NC(=O)OC(C)(C)C)ccc3O2)oc1=O. The lowest BCUT2D eigenvalue weighted by Gasteiger charge is -2.35. The molecule has 3 aromatic rings. The summed E-state index contributed by atoms with van der Waals surface area (Å²) in [7, 11) is -3.20. The highest BCUT2D eigenvalue weighted by atomic mass is 32.2. The number of halogens is 3. The van der Waals surface area contributed by atoms with Crippen LogP contribution in [0.4, 0.5) is 29.3 Å². The van der Waals surface area contributed by atoms with Gasteiger partial charge in [0.2, 0.25) is 5.89 Å². The molecular weight excluding hydrogens is 545 g/mol. The number of carbonyl (C=O) groups is 1. The summed E-state index contributed by atoms with van der Waals surface area (Å²) in [6.07, 6.45) is -6.59. The van der Waals surface area contributed by atoms with Crippen LogP contribution < -0.4 is 20.1 Å². The lowest BCUT2D eigenvalue weighted by atomic mass is 10.1. The zero-order valence-corrected chi connectivity index (χ0v) is 22.1. The van der Waals surface area contributed by atoms with Crippen LogP contribution >= 0.6 is 0 Å². The molecule has 1 N–H and O–H groups in total. The van der Waals surface area contributed by atoms with Gasteiger partial charge in [-0.15, -0.1) is 5.10 Å². The van der Waals surface area contributed by atoms with Gasteiger partial charge in [-0.05, 0) is 57.2 Å². The quantitative estimate of drug-likeness (QED) is 0.488. The first-order valence-corrected chi connectivity index (χ1v) is 13.0. The smallest absolute Gasteiger partial charge is 0.436 e. The molecule has 0 fully saturated rings. The maximum Gasteiger partial charge on any atom is 0.436 e. The summed E-state index contributed by atoms with van der Waals surface area (Å²) in [5.41, 5.74) is -1.80. The van der Waals surface area contributed by atoms with E-state index < -0.39 is 50.2 Å². The molecule has 1 amide bonds. The first kappa shape index (κ1) is 28.0. The van der Waals surface area contributed by atoms with Crippen molar-refractivity contribution in [3.05, 3.63) is 64.5 Å². The Balaban J connectivity index is 1.74. The van der Waals surface area contributed by atoms with Crippen LogP contribution in [0.2, 0.25) is 0 Å². The topological polar surface area (TPSA) is 133 Å². The summed E-state index contributed by atoms with van der Waals surface area (Å²) in [6.45, 7) is 4.64. The largest absolute Gasteiger partial charge is 0.486 e. The number of carbonyl (C=O) groups excluding carboxylic acids is 1. The molecule has 4 rings (SSSR count). The van der Waals surface area contributed by atoms with Crippen molar-refractivity contribution in [1.82, 2.24) is 9.78 Å². The van der Waals surface area contributed by atoms with Crippen molar-refractivity contribution in [2.75, 3.05) is 16.2 Å². The van der Waals surface area contributed by atoms with Crippen LogP contribution in [0.3, 0.4) is 0 Å². The minimum Gasteiger partial charge on any atom is -0.486 e. The van der Waals surface area contributed by atoms with Gasteiger partial charge >= 0.3 is 18.0 Å². The highest BCUT2D eigenvalue weighted by molar-refractivity contribution is 7.92. The number of ether oxygens (including phenoxy) is 2. The average molecular weight is 571 g/mol. The second-order valence-corrected chi connectivity index (χ2v) is 11.6. The molecule has 11 nitrogen and oxygen atoms in total. The van der Waals surface area contributed by atoms with Crippen LogP contribution in [0, 0.1) is 0 Å². The first-order chi connectivity index (χ1) is 18.0. The Morgan fingerprint density at radius 2 is 1.90 bits per heavy atom. The maximum absolute atomic E-state index is 13.7. The van der Waals surface area contributed by atoms with E-state index in [2.05, 4.69) is 10.4 Å². The molecule has 1 aliphatic heterocycles. The van der Waals surface area contributed by atoms with E-state index in [4.69, 9.17) is 13.9 Å². The molecule has 15 heteroatoms. The van der Waals surface area contributed by atoms with Gasteiger partial charge < -0.3 is 13.9 Å². The number of rotatable bonds is 5. The van der Waals surface area contributed by atoms with E-state index in [-0.39, 0.29) is 36.0 Å². The fraction of sp³-hybridized carbons (Fsp3) is 0.375. The summed E-state index contributed by atoms with van der Waals surface area (Å²) in [5.74, 6) is -0.682. The fourth-order valence-electron chi connectivity index (χ4n) is 3.78. The Kier molecular flexibility index (Phi) is 7.14. The summed E-state index contributed by atoms with van der Waals surface area (Å²) in [5, 5.41) is 6.42. The Labute approximate surface area is 221 Å². The normalized spacial score (nSPS) is 15.9. The number of sulfonamides is 1. The molecule has 0 saturated carbocycles. The number of anilines is 2. The van der Waals surface area contributed by atoms with Gasteiger partial charge in [0.05, 0.1) is 29.1 Å². The highest BCUT2D eigenvalue weighted by Gasteiger charge is 2.38. The minimum absolute atomic E-state index is 0.0180. The molecule has 1 aliphatic rings. The van der Waals surface area contributed by atoms with Crippen LogP contribution in [0.25, 0.3) is 0 Å². The van der Waals surface area contributed by atoms with Crippen LogP contribution in [0.15, 0.2) is 56.6 Å². The van der Waals surface area contributed by atoms with E-state index in [0.29, 0.717) is 6.07 Å². The summed E-state index contributed by atoms with van der Waals surface area (Å²) in [4.78, 5) is 23.3. The van der Waals surface area contributed by atoms with Crippen molar-refractivity contribution < 1.29 is 40.3 Å². The third-order valence-corrected chi connectivity index (χ3v) is 7.19. The van der Waals surface area contributed by atoms with E-state index in [1.807, 2.05) is 0 Å². The van der Waals surface area contributed by atoms with Crippen molar-refractivity contribution in [1.29, 1.82) is 0 Å². The Morgan fingerprint density at radius 3 is 2.51 bits per heavy atom. The molecule has 2 aromatic carbocycles. The Hall–Kier alpha value is -4.01. The monoisotopic (exact) mass is 570 g/mol. The van der Waals surface area contributed by atoms with Gasteiger partial charge in [-0.3, -0.25) is 9.62 Å². The zero-order chi connectivity index (χ0) is 28.8. The lowest BCUT2D eigenvalue weighted by molar-refractivity contribution is -0.137. The Morgan fingerprint density at radius 1 is 1.18 bits per heavy atom. The molecule has 0 aliphatic carbocycles. The standard InChI is InChI=1S/C24H25F3N4O7S/c1-23(2,3)38-21(32)28-15-8-9-19-18(11-15)31(13-16(36-19)12-20-29-30(4)22(33)37-20)39(34,35)17-7-5-6-14(10-17)24(25,26)27/h5-11,16H,12-13H2,1-4H3,(H,28,32)/t16-/m0/s1. The number of fused-ring (bicyclic) bond motifs is 1. The van der Waals surface area contributed by atoms with E-state index in [0.717, 1.165) is 27.2 Å². The average Bonchev–Trinajstić information content (AvgIpc) is 3.13. The minimum atomic E-state index is -4.77. The third-order valence-electron chi connectivity index (χ3n) is 5.42. The number of aryl methyl sites for hydroxylation is 1. The van der Waals surface area contributed by atoms with Gasteiger partial charge in [0.1, 0.15) is 17.5 Å². The Bertz CT molecular complexity index is 1560. The van der Waals surface area contributed by atoms with E-state index >= 15 is 0 Å². The molecule has 39 heavy (non-hydrogen) atoms. The van der Waals surface area contributed by atoms with Crippen molar-refractivity contribution >= 4 is 27.5 Å². The predicted octanol–water partition coefficient (Wildman–Crippen LogP) is 3.94.